The van der Waals surface area contributed by atoms with Crippen molar-refractivity contribution in [3.63, 3.8) is 0 Å². The first-order valence-corrected chi connectivity index (χ1v) is 6.65. The lowest BCUT2D eigenvalue weighted by Crippen LogP contribution is -1.92. The van der Waals surface area contributed by atoms with E-state index < -0.39 is 0 Å². The molecule has 0 fully saturated rings. The normalized spacial score (nSPS) is 9.83. The molecule has 0 aliphatic heterocycles. The number of aromatic nitrogens is 1. The van der Waals surface area contributed by atoms with Crippen LogP contribution in [0.2, 0.25) is 0 Å². The smallest absolute Gasteiger partial charge is 0.220 e. The molecule has 18 heavy (non-hydrogen) atoms. The minimum absolute atomic E-state index is 0.452. The first-order valence-electron chi connectivity index (χ1n) is 5.42. The number of thioether (sulfide) groups is 1. The maximum absolute atomic E-state index is 8.92. The zero-order valence-corrected chi connectivity index (χ0v) is 11.0. The molecular weight excluding hydrogens is 244 g/mol. The number of para-hydroxylation sites is 1. The van der Waals surface area contributed by atoms with E-state index >= 15 is 0 Å². The van der Waals surface area contributed by atoms with Gasteiger partial charge in [-0.3, -0.25) is 0 Å². The van der Waals surface area contributed by atoms with Gasteiger partial charge < -0.3 is 4.74 Å². The van der Waals surface area contributed by atoms with E-state index in [0.29, 0.717) is 11.4 Å². The van der Waals surface area contributed by atoms with Gasteiger partial charge in [-0.1, -0.05) is 12.1 Å². The maximum Gasteiger partial charge on any atom is 0.220 e. The van der Waals surface area contributed by atoms with Gasteiger partial charge in [-0.05, 0) is 31.4 Å². The number of rotatable bonds is 3. The molecule has 0 unspecified atom stereocenters. The standard InChI is InChI=1S/C14H12N2OS/c1-10-7-11(9-15)8-14(16-10)17-12-5-3-4-6-13(12)18-2/h3-8H,1-2H3. The van der Waals surface area contributed by atoms with Crippen molar-refractivity contribution in [2.45, 2.75) is 11.8 Å². The van der Waals surface area contributed by atoms with Crippen molar-refractivity contribution in [2.24, 2.45) is 0 Å². The number of nitrogens with zero attached hydrogens (tertiary/aromatic N) is 2. The van der Waals surface area contributed by atoms with Crippen LogP contribution in [0.4, 0.5) is 0 Å². The molecule has 0 aliphatic carbocycles. The summed E-state index contributed by atoms with van der Waals surface area (Å²) < 4.78 is 5.74. The van der Waals surface area contributed by atoms with E-state index in [0.717, 1.165) is 16.3 Å². The van der Waals surface area contributed by atoms with E-state index in [1.54, 1.807) is 23.9 Å². The first kappa shape index (κ1) is 12.5. The van der Waals surface area contributed by atoms with E-state index in [2.05, 4.69) is 11.1 Å². The lowest BCUT2D eigenvalue weighted by molar-refractivity contribution is 0.451. The summed E-state index contributed by atoms with van der Waals surface area (Å²) in [6.45, 7) is 1.84. The first-order chi connectivity index (χ1) is 8.72. The number of ether oxygens (including phenoxy) is 1. The van der Waals surface area contributed by atoms with E-state index in [4.69, 9.17) is 10.00 Å². The Kier molecular flexibility index (Phi) is 3.85. The average molecular weight is 256 g/mol. The van der Waals surface area contributed by atoms with Crippen LogP contribution in [0.3, 0.4) is 0 Å². The summed E-state index contributed by atoms with van der Waals surface area (Å²) >= 11 is 1.61. The van der Waals surface area contributed by atoms with Crippen molar-refractivity contribution in [1.82, 2.24) is 4.98 Å². The second kappa shape index (κ2) is 5.56. The SMILES string of the molecule is CSc1ccccc1Oc1cc(C#N)cc(C)n1. The Labute approximate surface area is 110 Å². The molecule has 2 rings (SSSR count). The van der Waals surface area contributed by atoms with Gasteiger partial charge in [0.05, 0.1) is 11.6 Å². The Morgan fingerprint density at radius 2 is 2.06 bits per heavy atom. The Balaban J connectivity index is 2.34. The third-order valence-corrected chi connectivity index (χ3v) is 3.12. The molecule has 0 aliphatic rings. The quantitative estimate of drug-likeness (QED) is 0.784. The molecule has 1 heterocycles. The van der Waals surface area contributed by atoms with Gasteiger partial charge in [-0.2, -0.15) is 5.26 Å². The van der Waals surface area contributed by atoms with Crippen LogP contribution < -0.4 is 4.74 Å². The molecule has 0 saturated heterocycles. The molecule has 3 nitrogen and oxygen atoms in total. The summed E-state index contributed by atoms with van der Waals surface area (Å²) in [5, 5.41) is 8.92. The second-order valence-electron chi connectivity index (χ2n) is 3.70. The summed E-state index contributed by atoms with van der Waals surface area (Å²) in [4.78, 5) is 5.31. The second-order valence-corrected chi connectivity index (χ2v) is 4.55. The van der Waals surface area contributed by atoms with Crippen molar-refractivity contribution >= 4 is 11.8 Å². The Morgan fingerprint density at radius 1 is 1.28 bits per heavy atom. The van der Waals surface area contributed by atoms with Gasteiger partial charge in [0.2, 0.25) is 5.88 Å². The molecule has 0 atom stereocenters. The molecule has 1 aromatic heterocycles. The van der Waals surface area contributed by atoms with Crippen LogP contribution in [0.5, 0.6) is 11.6 Å². The molecule has 0 N–H and O–H groups in total. The van der Waals surface area contributed by atoms with Crippen LogP contribution in [0.1, 0.15) is 11.3 Å². The minimum Gasteiger partial charge on any atom is -0.438 e. The molecule has 0 bridgehead atoms. The molecule has 0 spiro atoms. The minimum atomic E-state index is 0.452. The van der Waals surface area contributed by atoms with Crippen LogP contribution in [0.15, 0.2) is 41.3 Å². The highest BCUT2D eigenvalue weighted by atomic mass is 32.2. The van der Waals surface area contributed by atoms with E-state index in [1.165, 1.54) is 0 Å². The van der Waals surface area contributed by atoms with Crippen LogP contribution >= 0.6 is 11.8 Å². The summed E-state index contributed by atoms with van der Waals surface area (Å²) in [7, 11) is 0. The van der Waals surface area contributed by atoms with Crippen LogP contribution in [0, 0.1) is 18.3 Å². The fraction of sp³-hybridized carbons (Fsp3) is 0.143. The molecule has 4 heteroatoms. The monoisotopic (exact) mass is 256 g/mol. The van der Waals surface area contributed by atoms with Crippen molar-refractivity contribution in [1.29, 1.82) is 5.26 Å². The van der Waals surface area contributed by atoms with Gasteiger partial charge in [0.15, 0.2) is 0 Å². The molecule has 2 aromatic rings. The summed E-state index contributed by atoms with van der Waals surface area (Å²) in [5.41, 5.74) is 1.32. The van der Waals surface area contributed by atoms with Gasteiger partial charge in [-0.25, -0.2) is 4.98 Å². The third-order valence-electron chi connectivity index (χ3n) is 2.34. The highest BCUT2D eigenvalue weighted by Crippen LogP contribution is 2.30. The topological polar surface area (TPSA) is 45.9 Å². The zero-order chi connectivity index (χ0) is 13.0. The third kappa shape index (κ3) is 2.82. The Hall–Kier alpha value is -1.99. The van der Waals surface area contributed by atoms with Crippen molar-refractivity contribution in [2.75, 3.05) is 6.26 Å². The number of hydrogen-bond acceptors (Lipinski definition) is 4. The average Bonchev–Trinajstić information content (AvgIpc) is 2.38. The van der Waals surface area contributed by atoms with E-state index in [-0.39, 0.29) is 0 Å². The number of pyridine rings is 1. The van der Waals surface area contributed by atoms with Crippen molar-refractivity contribution in [3.05, 3.63) is 47.7 Å². The van der Waals surface area contributed by atoms with Gasteiger partial charge in [0, 0.05) is 16.7 Å². The van der Waals surface area contributed by atoms with Gasteiger partial charge in [-0.15, -0.1) is 11.8 Å². The maximum atomic E-state index is 8.92. The number of benzene rings is 1. The fourth-order valence-corrected chi connectivity index (χ4v) is 2.10. The van der Waals surface area contributed by atoms with Gasteiger partial charge >= 0.3 is 0 Å². The van der Waals surface area contributed by atoms with Crippen molar-refractivity contribution < 1.29 is 4.74 Å². The summed E-state index contributed by atoms with van der Waals surface area (Å²) in [6, 6.07) is 13.2. The van der Waals surface area contributed by atoms with E-state index in [1.807, 2.05) is 37.4 Å². The lowest BCUT2D eigenvalue weighted by Gasteiger charge is -2.09. The van der Waals surface area contributed by atoms with E-state index in [9.17, 15) is 0 Å². The number of hydrogen-bond donors (Lipinski definition) is 0. The molecular formula is C14H12N2OS. The molecule has 1 aromatic carbocycles. The number of nitriles is 1. The van der Waals surface area contributed by atoms with Crippen LogP contribution in [0.25, 0.3) is 0 Å². The highest BCUT2D eigenvalue weighted by molar-refractivity contribution is 7.98. The van der Waals surface area contributed by atoms with Crippen LogP contribution in [-0.4, -0.2) is 11.2 Å². The molecule has 0 radical (unpaired) electrons. The summed E-state index contributed by atoms with van der Waals surface area (Å²) in [5.74, 6) is 1.21. The summed E-state index contributed by atoms with van der Waals surface area (Å²) in [6.07, 6.45) is 1.99. The predicted molar refractivity (Wildman–Crippen MR) is 72.0 cm³/mol. The fourth-order valence-electron chi connectivity index (χ4n) is 1.57. The zero-order valence-electron chi connectivity index (χ0n) is 10.2. The Bertz CT molecular complexity index is 605. The molecule has 0 amide bonds. The van der Waals surface area contributed by atoms with Gasteiger partial charge in [0.25, 0.3) is 0 Å². The highest BCUT2D eigenvalue weighted by Gasteiger charge is 2.06. The molecule has 90 valence electrons. The Morgan fingerprint density at radius 3 is 2.78 bits per heavy atom. The molecule has 0 saturated carbocycles. The largest absolute Gasteiger partial charge is 0.438 e. The van der Waals surface area contributed by atoms with Crippen LogP contribution in [-0.2, 0) is 0 Å². The van der Waals surface area contributed by atoms with Gasteiger partial charge in [0.1, 0.15) is 5.75 Å². The predicted octanol–water partition coefficient (Wildman–Crippen LogP) is 3.78. The number of aryl methyl sites for hydroxylation is 1. The van der Waals surface area contributed by atoms with Crippen molar-refractivity contribution in [3.8, 4) is 17.7 Å². The lowest BCUT2D eigenvalue weighted by atomic mass is 10.2.